The van der Waals surface area contributed by atoms with Gasteiger partial charge in [0, 0.05) is 0 Å². The van der Waals surface area contributed by atoms with Crippen LogP contribution in [0.15, 0.2) is 48.5 Å². The third-order valence-electron chi connectivity index (χ3n) is 3.54. The van der Waals surface area contributed by atoms with E-state index < -0.39 is 0 Å². The summed E-state index contributed by atoms with van der Waals surface area (Å²) in [6.07, 6.45) is 1.04. The summed E-state index contributed by atoms with van der Waals surface area (Å²) in [5, 5.41) is 3.42. The summed E-state index contributed by atoms with van der Waals surface area (Å²) >= 11 is 0. The summed E-state index contributed by atoms with van der Waals surface area (Å²) in [5.41, 5.74) is 3.96. The highest BCUT2D eigenvalue weighted by atomic mass is 16.5. The first-order valence-corrected chi connectivity index (χ1v) is 7.28. The van der Waals surface area contributed by atoms with Crippen molar-refractivity contribution >= 4 is 0 Å². The van der Waals surface area contributed by atoms with Crippen LogP contribution in [0.3, 0.4) is 0 Å². The number of aryl methyl sites for hydroxylation is 1. The molecule has 0 aliphatic carbocycles. The molecule has 0 saturated carbocycles. The van der Waals surface area contributed by atoms with Crippen LogP contribution >= 0.6 is 0 Å². The van der Waals surface area contributed by atoms with Crippen molar-refractivity contribution in [3.8, 4) is 5.75 Å². The molecule has 0 bridgehead atoms. The second kappa shape index (κ2) is 7.11. The van der Waals surface area contributed by atoms with Gasteiger partial charge in [0.1, 0.15) is 5.75 Å². The summed E-state index contributed by atoms with van der Waals surface area (Å²) < 4.78 is 5.61. The van der Waals surface area contributed by atoms with Gasteiger partial charge in [-0.2, -0.15) is 0 Å². The molecule has 0 heterocycles. The molecule has 106 valence electrons. The van der Waals surface area contributed by atoms with Crippen LogP contribution in [-0.4, -0.2) is 13.7 Å². The van der Waals surface area contributed by atoms with Gasteiger partial charge in [-0.3, -0.25) is 0 Å². The number of hydrogen-bond acceptors (Lipinski definition) is 2. The summed E-state index contributed by atoms with van der Waals surface area (Å²) in [6.45, 7) is 4.90. The van der Waals surface area contributed by atoms with Gasteiger partial charge < -0.3 is 10.1 Å². The number of nitrogens with one attached hydrogen (secondary N) is 1. The van der Waals surface area contributed by atoms with E-state index in [0.29, 0.717) is 6.61 Å². The van der Waals surface area contributed by atoms with E-state index >= 15 is 0 Å². The molecule has 0 aliphatic heterocycles. The van der Waals surface area contributed by atoms with E-state index in [9.17, 15) is 0 Å². The molecular formula is C18H23NO. The Morgan fingerprint density at radius 3 is 2.55 bits per heavy atom. The van der Waals surface area contributed by atoms with E-state index in [-0.39, 0.29) is 6.04 Å². The normalized spacial score (nSPS) is 12.2. The molecule has 20 heavy (non-hydrogen) atoms. The Kier molecular flexibility index (Phi) is 5.19. The average molecular weight is 269 g/mol. The number of benzene rings is 2. The zero-order valence-electron chi connectivity index (χ0n) is 12.5. The van der Waals surface area contributed by atoms with Crippen molar-refractivity contribution in [2.24, 2.45) is 0 Å². The number of rotatable bonds is 6. The minimum Gasteiger partial charge on any atom is -0.494 e. The van der Waals surface area contributed by atoms with E-state index in [2.05, 4.69) is 54.7 Å². The Balaban J connectivity index is 2.39. The largest absolute Gasteiger partial charge is 0.494 e. The molecule has 1 atom stereocenters. The number of ether oxygens (including phenoxy) is 1. The molecular weight excluding hydrogens is 246 g/mol. The zero-order valence-corrected chi connectivity index (χ0v) is 12.5. The molecule has 2 aromatic rings. The Morgan fingerprint density at radius 1 is 1.05 bits per heavy atom. The lowest BCUT2D eigenvalue weighted by Crippen LogP contribution is -2.19. The van der Waals surface area contributed by atoms with Gasteiger partial charge in [0.25, 0.3) is 0 Å². The van der Waals surface area contributed by atoms with E-state index in [1.54, 1.807) is 0 Å². The molecule has 0 radical (unpaired) electrons. The lowest BCUT2D eigenvalue weighted by molar-refractivity contribution is 0.339. The van der Waals surface area contributed by atoms with E-state index in [1.807, 2.05) is 20.0 Å². The maximum Gasteiger partial charge on any atom is 0.119 e. The van der Waals surface area contributed by atoms with Gasteiger partial charge >= 0.3 is 0 Å². The summed E-state index contributed by atoms with van der Waals surface area (Å²) in [4.78, 5) is 0. The van der Waals surface area contributed by atoms with Crippen molar-refractivity contribution < 1.29 is 4.74 Å². The molecule has 1 unspecified atom stereocenters. The van der Waals surface area contributed by atoms with Gasteiger partial charge in [-0.15, -0.1) is 0 Å². The number of hydrogen-bond donors (Lipinski definition) is 1. The quantitative estimate of drug-likeness (QED) is 0.857. The Labute approximate surface area is 121 Å². The van der Waals surface area contributed by atoms with Crippen LogP contribution in [0.2, 0.25) is 0 Å². The molecule has 0 aliphatic rings. The highest BCUT2D eigenvalue weighted by Gasteiger charge is 2.15. The maximum absolute atomic E-state index is 5.61. The van der Waals surface area contributed by atoms with Gasteiger partial charge in [-0.1, -0.05) is 43.3 Å². The van der Waals surface area contributed by atoms with Gasteiger partial charge in [0.15, 0.2) is 0 Å². The molecule has 0 saturated heterocycles. The van der Waals surface area contributed by atoms with Gasteiger partial charge in [-0.05, 0) is 49.2 Å². The van der Waals surface area contributed by atoms with Crippen molar-refractivity contribution in [2.45, 2.75) is 26.3 Å². The topological polar surface area (TPSA) is 21.3 Å². The minimum atomic E-state index is 0.201. The first-order chi connectivity index (χ1) is 9.80. The first-order valence-electron chi connectivity index (χ1n) is 7.28. The molecule has 0 amide bonds. The van der Waals surface area contributed by atoms with E-state index in [0.717, 1.165) is 12.2 Å². The van der Waals surface area contributed by atoms with Crippen molar-refractivity contribution in [2.75, 3.05) is 13.7 Å². The fourth-order valence-corrected chi connectivity index (χ4v) is 2.59. The predicted molar refractivity (Wildman–Crippen MR) is 84.3 cm³/mol. The summed E-state index contributed by atoms with van der Waals surface area (Å²) in [6, 6.07) is 17.1. The molecule has 0 aromatic heterocycles. The van der Waals surface area contributed by atoms with Crippen molar-refractivity contribution in [1.29, 1.82) is 0 Å². The van der Waals surface area contributed by atoms with E-state index in [4.69, 9.17) is 4.74 Å². The lowest BCUT2D eigenvalue weighted by Gasteiger charge is -2.21. The minimum absolute atomic E-state index is 0.201. The van der Waals surface area contributed by atoms with Crippen LogP contribution < -0.4 is 10.1 Å². The van der Waals surface area contributed by atoms with Gasteiger partial charge in [0.05, 0.1) is 12.6 Å². The molecule has 0 fully saturated rings. The molecule has 0 spiro atoms. The zero-order chi connectivity index (χ0) is 14.4. The second-order valence-corrected chi connectivity index (χ2v) is 4.78. The van der Waals surface area contributed by atoms with Crippen LogP contribution in [0.4, 0.5) is 0 Å². The standard InChI is InChI=1S/C18H23NO/c1-4-14-9-6-7-12-17(14)18(19-3)15-10-8-11-16(13-15)20-5-2/h6-13,18-19H,4-5H2,1-3H3. The highest BCUT2D eigenvalue weighted by molar-refractivity contribution is 5.40. The van der Waals surface area contributed by atoms with Gasteiger partial charge in [-0.25, -0.2) is 0 Å². The Hall–Kier alpha value is -1.80. The Morgan fingerprint density at radius 2 is 1.85 bits per heavy atom. The molecule has 2 heteroatoms. The molecule has 2 nitrogen and oxygen atoms in total. The third kappa shape index (κ3) is 3.20. The van der Waals surface area contributed by atoms with Crippen molar-refractivity contribution in [1.82, 2.24) is 5.32 Å². The van der Waals surface area contributed by atoms with Crippen LogP contribution in [0, 0.1) is 0 Å². The van der Waals surface area contributed by atoms with E-state index in [1.165, 1.54) is 16.7 Å². The predicted octanol–water partition coefficient (Wildman–Crippen LogP) is 3.96. The van der Waals surface area contributed by atoms with Gasteiger partial charge in [0.2, 0.25) is 0 Å². The van der Waals surface area contributed by atoms with Crippen molar-refractivity contribution in [3.05, 3.63) is 65.2 Å². The molecule has 1 N–H and O–H groups in total. The summed E-state index contributed by atoms with van der Waals surface area (Å²) in [5.74, 6) is 0.930. The first kappa shape index (κ1) is 14.6. The van der Waals surface area contributed by atoms with Crippen molar-refractivity contribution in [3.63, 3.8) is 0 Å². The smallest absolute Gasteiger partial charge is 0.119 e. The third-order valence-corrected chi connectivity index (χ3v) is 3.54. The monoisotopic (exact) mass is 269 g/mol. The average Bonchev–Trinajstić information content (AvgIpc) is 2.49. The molecule has 2 aromatic carbocycles. The Bertz CT molecular complexity index is 551. The maximum atomic E-state index is 5.61. The van der Waals surface area contributed by atoms with Crippen LogP contribution in [0.25, 0.3) is 0 Å². The molecule has 2 rings (SSSR count). The fourth-order valence-electron chi connectivity index (χ4n) is 2.59. The van der Waals surface area contributed by atoms with Crippen LogP contribution in [0.5, 0.6) is 5.75 Å². The fraction of sp³-hybridized carbons (Fsp3) is 0.333. The highest BCUT2D eigenvalue weighted by Crippen LogP contribution is 2.27. The van der Waals surface area contributed by atoms with Crippen LogP contribution in [0.1, 0.15) is 36.6 Å². The summed E-state index contributed by atoms with van der Waals surface area (Å²) in [7, 11) is 2.00. The lowest BCUT2D eigenvalue weighted by atomic mass is 9.93. The second-order valence-electron chi connectivity index (χ2n) is 4.78. The van der Waals surface area contributed by atoms with Crippen LogP contribution in [-0.2, 0) is 6.42 Å². The SMILES string of the molecule is CCOc1cccc(C(NC)c2ccccc2CC)c1.